The third-order valence-corrected chi connectivity index (χ3v) is 2.27. The van der Waals surface area contributed by atoms with Gasteiger partial charge in [0, 0.05) is 11.4 Å². The lowest BCUT2D eigenvalue weighted by atomic mass is 10.3. The van der Waals surface area contributed by atoms with Gasteiger partial charge < -0.3 is 0 Å². The molecule has 0 spiro atoms. The fourth-order valence-electron chi connectivity index (χ4n) is 1.46. The van der Waals surface area contributed by atoms with Crippen LogP contribution < -0.4 is 0 Å². The molecule has 2 rings (SSSR count). The van der Waals surface area contributed by atoms with Gasteiger partial charge in [0.2, 0.25) is 0 Å². The van der Waals surface area contributed by atoms with Crippen LogP contribution in [0.2, 0.25) is 0 Å². The molecule has 0 saturated heterocycles. The molecule has 4 heteroatoms. The van der Waals surface area contributed by atoms with Crippen molar-refractivity contribution < 1.29 is 0 Å². The van der Waals surface area contributed by atoms with Crippen LogP contribution in [-0.2, 0) is 0 Å². The van der Waals surface area contributed by atoms with Gasteiger partial charge in [0.1, 0.15) is 0 Å². The van der Waals surface area contributed by atoms with E-state index in [2.05, 4.69) is 20.2 Å². The van der Waals surface area contributed by atoms with Gasteiger partial charge in [-0.1, -0.05) is 12.1 Å². The fraction of sp³-hybridized carbons (Fsp3) is 0.143. The van der Waals surface area contributed by atoms with Crippen LogP contribution in [0.4, 0.5) is 0 Å². The molecule has 0 radical (unpaired) electrons. The van der Waals surface area contributed by atoms with Gasteiger partial charge in [-0.3, -0.25) is 9.97 Å². The maximum absolute atomic E-state index is 4.29. The average Bonchev–Trinajstić information content (AvgIpc) is 2.35. The van der Waals surface area contributed by atoms with E-state index < -0.39 is 0 Å². The van der Waals surface area contributed by atoms with E-state index in [0.717, 1.165) is 22.8 Å². The molecule has 0 bridgehead atoms. The number of aromatic nitrogens is 2. The van der Waals surface area contributed by atoms with Crippen molar-refractivity contribution >= 4 is 12.4 Å². The van der Waals surface area contributed by atoms with E-state index in [1.807, 2.05) is 50.2 Å². The van der Waals surface area contributed by atoms with Gasteiger partial charge in [0.25, 0.3) is 0 Å². The van der Waals surface area contributed by atoms with Crippen LogP contribution in [0.25, 0.3) is 0 Å². The van der Waals surface area contributed by atoms with Crippen molar-refractivity contribution in [1.29, 1.82) is 0 Å². The van der Waals surface area contributed by atoms with E-state index in [0.29, 0.717) is 0 Å². The molecule has 0 N–H and O–H groups in total. The van der Waals surface area contributed by atoms with Crippen molar-refractivity contribution in [1.82, 2.24) is 9.97 Å². The first-order valence-corrected chi connectivity index (χ1v) is 5.68. The summed E-state index contributed by atoms with van der Waals surface area (Å²) in [5.41, 5.74) is 3.51. The van der Waals surface area contributed by atoms with Crippen molar-refractivity contribution in [2.45, 2.75) is 13.8 Å². The predicted molar refractivity (Wildman–Crippen MR) is 73.1 cm³/mol. The standard InChI is InChI=1S/C14H14N4/c1-11-5-3-7-13(17-11)9-15-16-10-14-8-4-6-12(2)18-14/h3-10H,1-2H3/b15-9+,16-10?. The Morgan fingerprint density at radius 1 is 0.778 bits per heavy atom. The Bertz CT molecular complexity index is 534. The highest BCUT2D eigenvalue weighted by Crippen LogP contribution is 1.96. The zero-order valence-corrected chi connectivity index (χ0v) is 10.4. The Kier molecular flexibility index (Phi) is 3.91. The molecule has 2 aromatic rings. The minimum atomic E-state index is 0.796. The lowest BCUT2D eigenvalue weighted by Gasteiger charge is -1.93. The minimum absolute atomic E-state index is 0.796. The number of nitrogens with zero attached hydrogens (tertiary/aromatic N) is 4. The third-order valence-electron chi connectivity index (χ3n) is 2.27. The molecule has 0 fully saturated rings. The third kappa shape index (κ3) is 3.59. The second kappa shape index (κ2) is 5.82. The summed E-state index contributed by atoms with van der Waals surface area (Å²) in [7, 11) is 0. The van der Waals surface area contributed by atoms with E-state index in [-0.39, 0.29) is 0 Å². The van der Waals surface area contributed by atoms with Crippen molar-refractivity contribution in [2.24, 2.45) is 10.2 Å². The molecule has 0 aliphatic rings. The van der Waals surface area contributed by atoms with E-state index in [1.165, 1.54) is 0 Å². The molecule has 4 nitrogen and oxygen atoms in total. The first kappa shape index (κ1) is 12.1. The smallest absolute Gasteiger partial charge is 0.0834 e. The summed E-state index contributed by atoms with van der Waals surface area (Å²) in [6.07, 6.45) is 3.25. The predicted octanol–water partition coefficient (Wildman–Crippen LogP) is 2.55. The van der Waals surface area contributed by atoms with E-state index in [1.54, 1.807) is 12.4 Å². The largest absolute Gasteiger partial charge is 0.252 e. The summed E-state index contributed by atoms with van der Waals surface area (Å²) in [5.74, 6) is 0. The number of hydrogen-bond acceptors (Lipinski definition) is 4. The molecule has 0 unspecified atom stereocenters. The Morgan fingerprint density at radius 2 is 1.22 bits per heavy atom. The van der Waals surface area contributed by atoms with Crippen molar-refractivity contribution in [2.75, 3.05) is 0 Å². The van der Waals surface area contributed by atoms with Crippen molar-refractivity contribution in [3.63, 3.8) is 0 Å². The molecular formula is C14H14N4. The normalized spacial score (nSPS) is 11.4. The Hall–Kier alpha value is -2.36. The maximum atomic E-state index is 4.29. The summed E-state index contributed by atoms with van der Waals surface area (Å²) in [6.45, 7) is 3.88. The number of hydrogen-bond donors (Lipinski definition) is 0. The molecule has 0 atom stereocenters. The quantitative estimate of drug-likeness (QED) is 0.609. The number of pyridine rings is 2. The van der Waals surface area contributed by atoms with Crippen LogP contribution in [0.15, 0.2) is 46.6 Å². The van der Waals surface area contributed by atoms with Gasteiger partial charge >= 0.3 is 0 Å². The molecule has 0 aliphatic heterocycles. The Labute approximate surface area is 106 Å². The monoisotopic (exact) mass is 238 g/mol. The van der Waals surface area contributed by atoms with Gasteiger partial charge in [0.05, 0.1) is 23.8 Å². The molecule has 2 heterocycles. The summed E-state index contributed by atoms with van der Waals surface area (Å²) in [6, 6.07) is 11.5. The van der Waals surface area contributed by atoms with Crippen LogP contribution in [0.3, 0.4) is 0 Å². The van der Waals surface area contributed by atoms with Crippen molar-refractivity contribution in [3.8, 4) is 0 Å². The lowest BCUT2D eigenvalue weighted by molar-refractivity contribution is 1.16. The zero-order chi connectivity index (χ0) is 12.8. The second-order valence-corrected chi connectivity index (χ2v) is 3.90. The minimum Gasteiger partial charge on any atom is -0.252 e. The molecule has 0 aromatic carbocycles. The summed E-state index contributed by atoms with van der Waals surface area (Å²) < 4.78 is 0. The molecule has 0 saturated carbocycles. The molecule has 0 aliphatic carbocycles. The van der Waals surface area contributed by atoms with Gasteiger partial charge in [-0.15, -0.1) is 0 Å². The molecule has 2 aromatic heterocycles. The van der Waals surface area contributed by atoms with Crippen LogP contribution in [0, 0.1) is 13.8 Å². The number of rotatable bonds is 3. The average molecular weight is 238 g/mol. The van der Waals surface area contributed by atoms with Crippen molar-refractivity contribution in [3.05, 3.63) is 59.2 Å². The first-order chi connectivity index (χ1) is 8.74. The molecule has 90 valence electrons. The Morgan fingerprint density at radius 3 is 1.61 bits per heavy atom. The van der Waals surface area contributed by atoms with Crippen LogP contribution in [-0.4, -0.2) is 22.4 Å². The van der Waals surface area contributed by atoms with Gasteiger partial charge in [0.15, 0.2) is 0 Å². The van der Waals surface area contributed by atoms with E-state index in [9.17, 15) is 0 Å². The maximum Gasteiger partial charge on any atom is 0.0834 e. The molecular weight excluding hydrogens is 224 g/mol. The SMILES string of the molecule is Cc1cccc(C=N/N=C/c2cccc(C)n2)n1. The molecule has 18 heavy (non-hydrogen) atoms. The number of aryl methyl sites for hydroxylation is 2. The van der Waals surface area contributed by atoms with E-state index in [4.69, 9.17) is 0 Å². The highest BCUT2D eigenvalue weighted by atomic mass is 15.2. The highest BCUT2D eigenvalue weighted by molar-refractivity contribution is 5.80. The van der Waals surface area contributed by atoms with E-state index >= 15 is 0 Å². The first-order valence-electron chi connectivity index (χ1n) is 5.68. The Balaban J connectivity index is 2.03. The summed E-state index contributed by atoms with van der Waals surface area (Å²) in [5, 5.41) is 7.90. The summed E-state index contributed by atoms with van der Waals surface area (Å²) >= 11 is 0. The highest BCUT2D eigenvalue weighted by Gasteiger charge is 1.90. The van der Waals surface area contributed by atoms with Gasteiger partial charge in [-0.2, -0.15) is 10.2 Å². The summed E-state index contributed by atoms with van der Waals surface area (Å²) in [4.78, 5) is 8.59. The van der Waals surface area contributed by atoms with Crippen LogP contribution in [0.5, 0.6) is 0 Å². The van der Waals surface area contributed by atoms with Gasteiger partial charge in [-0.25, -0.2) is 0 Å². The molecule has 0 amide bonds. The van der Waals surface area contributed by atoms with Crippen LogP contribution >= 0.6 is 0 Å². The van der Waals surface area contributed by atoms with Crippen LogP contribution in [0.1, 0.15) is 22.8 Å². The van der Waals surface area contributed by atoms with Gasteiger partial charge in [-0.05, 0) is 38.1 Å². The lowest BCUT2D eigenvalue weighted by Crippen LogP contribution is -1.90. The topological polar surface area (TPSA) is 50.5 Å². The second-order valence-electron chi connectivity index (χ2n) is 3.90. The fourth-order valence-corrected chi connectivity index (χ4v) is 1.46. The zero-order valence-electron chi connectivity index (χ0n) is 10.4.